The van der Waals surface area contributed by atoms with Crippen molar-refractivity contribution in [3.63, 3.8) is 0 Å². The third kappa shape index (κ3) is 4.79. The molecule has 0 saturated carbocycles. The number of anilines is 1. The number of carbonyl (C=O) groups is 1. The van der Waals surface area contributed by atoms with Crippen LogP contribution in [-0.2, 0) is 23.4 Å². The maximum Gasteiger partial charge on any atom is 0.435 e. The van der Waals surface area contributed by atoms with E-state index in [0.29, 0.717) is 29.7 Å². The van der Waals surface area contributed by atoms with Gasteiger partial charge in [0.2, 0.25) is 5.95 Å². The van der Waals surface area contributed by atoms with E-state index in [-0.39, 0.29) is 27.3 Å². The van der Waals surface area contributed by atoms with E-state index in [1.165, 1.54) is 18.2 Å². The highest BCUT2D eigenvalue weighted by molar-refractivity contribution is 6.34. The minimum atomic E-state index is -4.80. The normalized spacial score (nSPS) is 17.6. The highest BCUT2D eigenvalue weighted by atomic mass is 35.5. The Hall–Kier alpha value is -3.11. The van der Waals surface area contributed by atoms with E-state index in [0.717, 1.165) is 18.0 Å². The zero-order chi connectivity index (χ0) is 26.3. The third-order valence-electron chi connectivity index (χ3n) is 5.91. The number of halogens is 5. The van der Waals surface area contributed by atoms with Gasteiger partial charge >= 0.3 is 6.18 Å². The van der Waals surface area contributed by atoms with Crippen molar-refractivity contribution in [2.24, 2.45) is 5.16 Å². The first-order chi connectivity index (χ1) is 17.0. The second-order valence-electron chi connectivity index (χ2n) is 8.29. The summed E-state index contributed by atoms with van der Waals surface area (Å²) < 4.78 is 44.4. The molecule has 1 atom stereocenters. The fourth-order valence-electron chi connectivity index (χ4n) is 4.05. The predicted octanol–water partition coefficient (Wildman–Crippen LogP) is 6.31. The van der Waals surface area contributed by atoms with Crippen LogP contribution in [0.15, 0.2) is 41.6 Å². The van der Waals surface area contributed by atoms with E-state index in [2.05, 4.69) is 20.6 Å². The SMILES string of the molecule is CCc1nc(NC(=O)c2ccc(C3=NOC(c4cc(Cl)cc(Cl)c4)(C(F)(F)F)C3)cc2C)nn1CC. The van der Waals surface area contributed by atoms with Crippen LogP contribution in [0.1, 0.15) is 53.1 Å². The number of aromatic nitrogens is 3. The number of carbonyl (C=O) groups excluding carboxylic acids is 1. The van der Waals surface area contributed by atoms with Crippen LogP contribution in [0, 0.1) is 6.92 Å². The van der Waals surface area contributed by atoms with Gasteiger partial charge in [-0.05, 0) is 55.3 Å². The fourth-order valence-corrected chi connectivity index (χ4v) is 4.58. The second-order valence-corrected chi connectivity index (χ2v) is 9.17. The number of rotatable bonds is 6. The second kappa shape index (κ2) is 9.74. The number of alkyl halides is 3. The number of amides is 1. The number of oxime groups is 1. The molecule has 4 rings (SSSR count). The lowest BCUT2D eigenvalue weighted by Crippen LogP contribution is -2.42. The maximum absolute atomic E-state index is 14.2. The topological polar surface area (TPSA) is 81.4 Å². The Balaban J connectivity index is 1.58. The van der Waals surface area contributed by atoms with Crippen LogP contribution in [0.3, 0.4) is 0 Å². The molecule has 1 amide bonds. The first-order valence-electron chi connectivity index (χ1n) is 11.1. The summed E-state index contributed by atoms with van der Waals surface area (Å²) in [5, 5.41) is 10.8. The van der Waals surface area contributed by atoms with Crippen molar-refractivity contribution in [1.29, 1.82) is 0 Å². The molecule has 2 aromatic carbocycles. The molecule has 36 heavy (non-hydrogen) atoms. The summed E-state index contributed by atoms with van der Waals surface area (Å²) in [6, 6.07) is 8.29. The van der Waals surface area contributed by atoms with E-state index in [1.807, 2.05) is 13.8 Å². The summed E-state index contributed by atoms with van der Waals surface area (Å²) in [6.07, 6.45) is -4.72. The molecule has 0 saturated heterocycles. The molecular formula is C24H22Cl2F3N5O2. The van der Waals surface area contributed by atoms with Crippen molar-refractivity contribution in [3.8, 4) is 0 Å². The Bertz CT molecular complexity index is 1310. The van der Waals surface area contributed by atoms with Crippen molar-refractivity contribution < 1.29 is 22.8 Å². The average Bonchev–Trinajstić information content (AvgIpc) is 3.43. The standard InChI is InChI=1S/C24H22Cl2F3N5O2/c1-4-20-30-22(32-34(20)5-2)31-21(35)18-7-6-14(8-13(18)3)19-12-23(36-33-19,24(27,28)29)15-9-16(25)11-17(26)10-15/h6-11H,4-5,12H2,1-3H3,(H,31,32,35). The Morgan fingerprint density at radius 2 is 1.86 bits per heavy atom. The van der Waals surface area contributed by atoms with E-state index >= 15 is 0 Å². The molecule has 1 aliphatic heterocycles. The van der Waals surface area contributed by atoms with Gasteiger partial charge in [0.25, 0.3) is 11.5 Å². The summed E-state index contributed by atoms with van der Waals surface area (Å²) in [5.41, 5.74) is -1.65. The van der Waals surface area contributed by atoms with Gasteiger partial charge in [-0.25, -0.2) is 4.68 Å². The molecule has 1 N–H and O–H groups in total. The van der Waals surface area contributed by atoms with E-state index in [4.69, 9.17) is 28.0 Å². The predicted molar refractivity (Wildman–Crippen MR) is 131 cm³/mol. The molecule has 12 heteroatoms. The monoisotopic (exact) mass is 539 g/mol. The minimum Gasteiger partial charge on any atom is -0.374 e. The van der Waals surface area contributed by atoms with Gasteiger partial charge < -0.3 is 4.84 Å². The van der Waals surface area contributed by atoms with Gasteiger partial charge in [0.15, 0.2) is 0 Å². The maximum atomic E-state index is 14.2. The van der Waals surface area contributed by atoms with Gasteiger partial charge in [0, 0.05) is 40.6 Å². The average molecular weight is 540 g/mol. The molecule has 0 bridgehead atoms. The molecule has 2 heterocycles. The summed E-state index contributed by atoms with van der Waals surface area (Å²) in [4.78, 5) is 22.2. The number of nitrogens with zero attached hydrogens (tertiary/aromatic N) is 4. The van der Waals surface area contributed by atoms with Crippen LogP contribution in [-0.4, -0.2) is 32.6 Å². The molecule has 1 aromatic heterocycles. The van der Waals surface area contributed by atoms with Gasteiger partial charge in [-0.3, -0.25) is 10.1 Å². The van der Waals surface area contributed by atoms with Crippen LogP contribution in [0.2, 0.25) is 10.0 Å². The Labute approximate surface area is 215 Å². The van der Waals surface area contributed by atoms with Crippen LogP contribution in [0.4, 0.5) is 19.1 Å². The number of hydrogen-bond donors (Lipinski definition) is 1. The highest BCUT2D eigenvalue weighted by Crippen LogP contribution is 2.49. The smallest absolute Gasteiger partial charge is 0.374 e. The lowest BCUT2D eigenvalue weighted by atomic mass is 9.86. The zero-order valence-electron chi connectivity index (χ0n) is 19.6. The number of hydrogen-bond acceptors (Lipinski definition) is 5. The lowest BCUT2D eigenvalue weighted by molar-refractivity contribution is -0.275. The first-order valence-corrected chi connectivity index (χ1v) is 11.9. The summed E-state index contributed by atoms with van der Waals surface area (Å²) in [6.45, 7) is 6.16. The molecule has 0 aliphatic carbocycles. The van der Waals surface area contributed by atoms with E-state index in [9.17, 15) is 18.0 Å². The van der Waals surface area contributed by atoms with Gasteiger partial charge in [0.1, 0.15) is 5.82 Å². The van der Waals surface area contributed by atoms with Crippen LogP contribution < -0.4 is 5.32 Å². The number of aryl methyl sites for hydroxylation is 3. The minimum absolute atomic E-state index is 0.0497. The van der Waals surface area contributed by atoms with Crippen molar-refractivity contribution in [2.75, 3.05) is 5.32 Å². The Morgan fingerprint density at radius 3 is 2.42 bits per heavy atom. The van der Waals surface area contributed by atoms with E-state index in [1.54, 1.807) is 17.7 Å². The lowest BCUT2D eigenvalue weighted by Gasteiger charge is -2.29. The summed E-state index contributed by atoms with van der Waals surface area (Å²) in [7, 11) is 0. The summed E-state index contributed by atoms with van der Waals surface area (Å²) >= 11 is 11.9. The molecule has 3 aromatic rings. The van der Waals surface area contributed by atoms with Crippen LogP contribution in [0.25, 0.3) is 0 Å². The zero-order valence-corrected chi connectivity index (χ0v) is 21.1. The van der Waals surface area contributed by atoms with Gasteiger partial charge in [-0.1, -0.05) is 41.3 Å². The van der Waals surface area contributed by atoms with Crippen LogP contribution >= 0.6 is 23.2 Å². The molecule has 7 nitrogen and oxygen atoms in total. The molecular weight excluding hydrogens is 518 g/mol. The molecule has 190 valence electrons. The Kier molecular flexibility index (Phi) is 7.03. The van der Waals surface area contributed by atoms with Crippen molar-refractivity contribution in [3.05, 3.63) is 74.5 Å². The van der Waals surface area contributed by atoms with Gasteiger partial charge in [-0.15, -0.1) is 5.10 Å². The quantitative estimate of drug-likeness (QED) is 0.398. The third-order valence-corrected chi connectivity index (χ3v) is 6.34. The molecule has 0 fully saturated rings. The molecule has 1 unspecified atom stereocenters. The van der Waals surface area contributed by atoms with Crippen molar-refractivity contribution >= 4 is 40.8 Å². The highest BCUT2D eigenvalue weighted by Gasteiger charge is 2.62. The van der Waals surface area contributed by atoms with E-state index < -0.39 is 24.1 Å². The number of benzene rings is 2. The molecule has 0 spiro atoms. The van der Waals surface area contributed by atoms with Crippen LogP contribution in [0.5, 0.6) is 0 Å². The fraction of sp³-hybridized carbons (Fsp3) is 0.333. The van der Waals surface area contributed by atoms with Crippen molar-refractivity contribution in [1.82, 2.24) is 14.8 Å². The largest absolute Gasteiger partial charge is 0.435 e. The van der Waals surface area contributed by atoms with Gasteiger partial charge in [-0.2, -0.15) is 18.2 Å². The Morgan fingerprint density at radius 1 is 1.17 bits per heavy atom. The molecule has 0 radical (unpaired) electrons. The molecule has 1 aliphatic rings. The summed E-state index contributed by atoms with van der Waals surface area (Å²) in [5.74, 6) is 0.497. The first kappa shape index (κ1) is 26.0. The van der Waals surface area contributed by atoms with Gasteiger partial charge in [0.05, 0.1) is 5.71 Å². The number of nitrogens with one attached hydrogen (secondary N) is 1. The van der Waals surface area contributed by atoms with Crippen molar-refractivity contribution in [2.45, 2.75) is 51.9 Å².